The second-order valence-corrected chi connectivity index (χ2v) is 8.01. The van der Waals surface area contributed by atoms with Crippen molar-refractivity contribution in [3.05, 3.63) is 70.8 Å². The summed E-state index contributed by atoms with van der Waals surface area (Å²) >= 11 is 0. The van der Waals surface area contributed by atoms with Gasteiger partial charge in [0.05, 0.1) is 6.54 Å². The second kappa shape index (κ2) is 6.52. The lowest BCUT2D eigenvalue weighted by atomic mass is 9.59. The number of hydrogen-bond donors (Lipinski definition) is 1. The van der Waals surface area contributed by atoms with E-state index in [0.717, 1.165) is 12.8 Å². The van der Waals surface area contributed by atoms with Gasteiger partial charge < -0.3 is 10.2 Å². The highest BCUT2D eigenvalue weighted by atomic mass is 16.2. The maximum atomic E-state index is 12.4. The molecule has 1 fully saturated rings. The maximum Gasteiger partial charge on any atom is 0.239 e. The molecule has 1 saturated heterocycles. The molecular weight excluding hydrogens is 336 g/mol. The fourth-order valence-electron chi connectivity index (χ4n) is 5.31. The van der Waals surface area contributed by atoms with E-state index < -0.39 is 0 Å². The molecule has 1 heterocycles. The molecule has 0 spiro atoms. The number of amides is 2. The third kappa shape index (κ3) is 2.75. The highest BCUT2D eigenvalue weighted by Crippen LogP contribution is 2.55. The zero-order valence-corrected chi connectivity index (χ0v) is 15.4. The van der Waals surface area contributed by atoms with Crippen molar-refractivity contribution >= 4 is 11.8 Å². The lowest BCUT2D eigenvalue weighted by Gasteiger charge is -2.45. The summed E-state index contributed by atoms with van der Waals surface area (Å²) in [6.07, 6.45) is 2.51. The number of benzene rings is 2. The van der Waals surface area contributed by atoms with Gasteiger partial charge in [-0.1, -0.05) is 48.5 Å². The molecule has 0 saturated carbocycles. The number of rotatable bonds is 4. The minimum Gasteiger partial charge on any atom is -0.354 e. The van der Waals surface area contributed by atoms with Crippen LogP contribution in [0.5, 0.6) is 0 Å². The Bertz CT molecular complexity index is 859. The second-order valence-electron chi connectivity index (χ2n) is 8.01. The third-order valence-corrected chi connectivity index (χ3v) is 6.49. The molecule has 6 rings (SSSR count). The predicted molar refractivity (Wildman–Crippen MR) is 104 cm³/mol. The first-order valence-corrected chi connectivity index (χ1v) is 9.94. The highest BCUT2D eigenvalue weighted by Gasteiger charge is 2.42. The predicted octanol–water partition coefficient (Wildman–Crippen LogP) is 3.02. The van der Waals surface area contributed by atoms with Crippen molar-refractivity contribution in [1.82, 2.24) is 10.2 Å². The van der Waals surface area contributed by atoms with Crippen molar-refractivity contribution < 1.29 is 9.59 Å². The number of nitrogens with zero attached hydrogens (tertiary/aromatic N) is 1. The van der Waals surface area contributed by atoms with Crippen LogP contribution in [0, 0.1) is 5.92 Å². The van der Waals surface area contributed by atoms with E-state index >= 15 is 0 Å². The third-order valence-electron chi connectivity index (χ3n) is 6.49. The largest absolute Gasteiger partial charge is 0.354 e. The first-order valence-electron chi connectivity index (χ1n) is 9.94. The zero-order valence-electron chi connectivity index (χ0n) is 15.4. The Balaban J connectivity index is 1.35. The molecule has 1 atom stereocenters. The van der Waals surface area contributed by atoms with Crippen molar-refractivity contribution in [2.45, 2.75) is 31.1 Å². The summed E-state index contributed by atoms with van der Waals surface area (Å²) in [4.78, 5) is 25.8. The van der Waals surface area contributed by atoms with Gasteiger partial charge >= 0.3 is 0 Å². The molecule has 4 nitrogen and oxygen atoms in total. The van der Waals surface area contributed by atoms with Gasteiger partial charge in [0.25, 0.3) is 0 Å². The monoisotopic (exact) mass is 360 g/mol. The van der Waals surface area contributed by atoms with Crippen LogP contribution in [0.1, 0.15) is 53.4 Å². The summed E-state index contributed by atoms with van der Waals surface area (Å²) in [7, 11) is 0. The molecular formula is C23H24N2O2. The number of likely N-dealkylation sites (tertiary alicyclic amines) is 1. The summed E-state index contributed by atoms with van der Waals surface area (Å²) in [5.74, 6) is 1.23. The number of nitrogens with one attached hydrogen (secondary N) is 1. The first-order chi connectivity index (χ1) is 13.2. The molecule has 1 N–H and O–H groups in total. The SMILES string of the molecule is O=C(CN1CCCC1=O)NCC1CC2c3ccccc3C1c1ccccc12. The van der Waals surface area contributed by atoms with Crippen molar-refractivity contribution in [1.29, 1.82) is 0 Å². The Labute approximate surface area is 159 Å². The van der Waals surface area contributed by atoms with Crippen LogP contribution in [-0.2, 0) is 9.59 Å². The lowest BCUT2D eigenvalue weighted by molar-refractivity contribution is -0.133. The van der Waals surface area contributed by atoms with E-state index in [4.69, 9.17) is 0 Å². The molecule has 3 aliphatic carbocycles. The summed E-state index contributed by atoms with van der Waals surface area (Å²) < 4.78 is 0. The Morgan fingerprint density at radius 1 is 1.00 bits per heavy atom. The number of hydrogen-bond acceptors (Lipinski definition) is 2. The molecule has 27 heavy (non-hydrogen) atoms. The molecule has 0 radical (unpaired) electrons. The van der Waals surface area contributed by atoms with E-state index in [0.29, 0.717) is 37.3 Å². The minimum atomic E-state index is -0.0340. The fraction of sp³-hybridized carbons (Fsp3) is 0.391. The Morgan fingerprint density at radius 3 is 2.22 bits per heavy atom. The van der Waals surface area contributed by atoms with Crippen molar-refractivity contribution in [3.63, 3.8) is 0 Å². The van der Waals surface area contributed by atoms with E-state index in [2.05, 4.69) is 53.8 Å². The number of carbonyl (C=O) groups is 2. The van der Waals surface area contributed by atoms with Crippen LogP contribution < -0.4 is 5.32 Å². The van der Waals surface area contributed by atoms with Crippen molar-refractivity contribution in [2.24, 2.45) is 5.92 Å². The van der Waals surface area contributed by atoms with Gasteiger partial charge in [-0.25, -0.2) is 0 Å². The zero-order chi connectivity index (χ0) is 18.4. The van der Waals surface area contributed by atoms with Crippen LogP contribution in [0.3, 0.4) is 0 Å². The van der Waals surface area contributed by atoms with Gasteiger partial charge in [-0.3, -0.25) is 9.59 Å². The first kappa shape index (κ1) is 16.5. The van der Waals surface area contributed by atoms with E-state index in [1.54, 1.807) is 4.90 Å². The fourth-order valence-corrected chi connectivity index (χ4v) is 5.31. The normalized spacial score (nSPS) is 25.3. The number of fused-ring (bicyclic) bond motifs is 1. The molecule has 1 aliphatic heterocycles. The molecule has 4 aliphatic rings. The van der Waals surface area contributed by atoms with E-state index in [1.165, 1.54) is 22.3 Å². The molecule has 2 aromatic rings. The Kier molecular flexibility index (Phi) is 4.00. The van der Waals surface area contributed by atoms with E-state index in [-0.39, 0.29) is 18.4 Å². The Hall–Kier alpha value is -2.62. The smallest absolute Gasteiger partial charge is 0.239 e. The molecule has 2 amide bonds. The van der Waals surface area contributed by atoms with Crippen molar-refractivity contribution in [2.75, 3.05) is 19.6 Å². The lowest BCUT2D eigenvalue weighted by Crippen LogP contribution is -2.43. The highest BCUT2D eigenvalue weighted by molar-refractivity contribution is 5.85. The van der Waals surface area contributed by atoms with Gasteiger partial charge in [0.2, 0.25) is 11.8 Å². The average molecular weight is 360 g/mol. The van der Waals surface area contributed by atoms with Crippen LogP contribution in [0.25, 0.3) is 0 Å². The maximum absolute atomic E-state index is 12.4. The van der Waals surface area contributed by atoms with Crippen LogP contribution in [0.4, 0.5) is 0 Å². The van der Waals surface area contributed by atoms with Gasteiger partial charge in [0.15, 0.2) is 0 Å². The number of carbonyl (C=O) groups excluding carboxylic acids is 2. The van der Waals surface area contributed by atoms with Crippen LogP contribution in [-0.4, -0.2) is 36.3 Å². The van der Waals surface area contributed by atoms with E-state index in [1.807, 2.05) is 0 Å². The van der Waals surface area contributed by atoms with Gasteiger partial charge in [0.1, 0.15) is 0 Å². The van der Waals surface area contributed by atoms with Crippen molar-refractivity contribution in [3.8, 4) is 0 Å². The van der Waals surface area contributed by atoms with Gasteiger partial charge in [-0.15, -0.1) is 0 Å². The summed E-state index contributed by atoms with van der Waals surface area (Å²) in [6, 6.07) is 17.5. The molecule has 2 aromatic carbocycles. The summed E-state index contributed by atoms with van der Waals surface area (Å²) in [5, 5.41) is 3.11. The topological polar surface area (TPSA) is 49.4 Å². The molecule has 0 aromatic heterocycles. The standard InChI is InChI=1S/C23H24N2O2/c26-21(14-25-11-5-10-22(25)27)24-13-15-12-20-16-6-1-3-8-18(16)23(15)19-9-4-2-7-17(19)20/h1-4,6-9,15,20,23H,5,10-14H2,(H,24,26). The summed E-state index contributed by atoms with van der Waals surface area (Å²) in [5.41, 5.74) is 5.74. The molecule has 2 bridgehead atoms. The van der Waals surface area contributed by atoms with Crippen LogP contribution >= 0.6 is 0 Å². The molecule has 138 valence electrons. The average Bonchev–Trinajstić information content (AvgIpc) is 3.11. The molecule has 4 heteroatoms. The minimum absolute atomic E-state index is 0.0340. The van der Waals surface area contributed by atoms with Crippen LogP contribution in [0.15, 0.2) is 48.5 Å². The van der Waals surface area contributed by atoms with Crippen LogP contribution in [0.2, 0.25) is 0 Å². The summed E-state index contributed by atoms with van der Waals surface area (Å²) in [6.45, 7) is 1.58. The van der Waals surface area contributed by atoms with Gasteiger partial charge in [-0.05, 0) is 41.0 Å². The van der Waals surface area contributed by atoms with Gasteiger partial charge in [0, 0.05) is 31.3 Å². The Morgan fingerprint density at radius 2 is 1.63 bits per heavy atom. The van der Waals surface area contributed by atoms with E-state index in [9.17, 15) is 9.59 Å². The van der Waals surface area contributed by atoms with Gasteiger partial charge in [-0.2, -0.15) is 0 Å². The molecule has 1 unspecified atom stereocenters. The quantitative estimate of drug-likeness (QED) is 0.911.